The minimum Gasteiger partial charge on any atom is -0.247 e. The molecule has 0 atom stereocenters. The van der Waals surface area contributed by atoms with Crippen molar-refractivity contribution in [1.29, 1.82) is 0 Å². The molecule has 0 N–H and O–H groups in total. The van der Waals surface area contributed by atoms with Gasteiger partial charge in [-0.1, -0.05) is 18.9 Å². The second-order valence-electron chi connectivity index (χ2n) is 3.37. The highest BCUT2D eigenvalue weighted by Crippen LogP contribution is 2.32. The van der Waals surface area contributed by atoms with E-state index in [1.165, 1.54) is 31.4 Å². The first-order chi connectivity index (χ1) is 5.86. The Morgan fingerprint density at radius 3 is 2.67 bits per heavy atom. The Labute approximate surface area is 86.7 Å². The molecule has 12 heavy (non-hydrogen) atoms. The molecule has 0 spiro atoms. The first-order valence-corrected chi connectivity index (χ1v) is 5.56. The topological polar surface area (TPSA) is 12.9 Å². The lowest BCUT2D eigenvalue weighted by atomic mass is 10.0. The second-order valence-corrected chi connectivity index (χ2v) is 4.47. The van der Waals surface area contributed by atoms with Gasteiger partial charge in [0.05, 0.1) is 0 Å². The van der Waals surface area contributed by atoms with Crippen molar-refractivity contribution in [2.75, 3.05) is 0 Å². The van der Waals surface area contributed by atoms with Crippen LogP contribution in [0.2, 0.25) is 0 Å². The Morgan fingerprint density at radius 2 is 2.00 bits per heavy atom. The largest absolute Gasteiger partial charge is 0.247 e. The lowest BCUT2D eigenvalue weighted by molar-refractivity contribution is 0.695. The summed E-state index contributed by atoms with van der Waals surface area (Å²) in [6.45, 7) is 0. The van der Waals surface area contributed by atoms with Crippen molar-refractivity contribution in [3.05, 3.63) is 27.6 Å². The van der Waals surface area contributed by atoms with Gasteiger partial charge < -0.3 is 0 Å². The number of rotatable bonds is 1. The zero-order valence-electron chi connectivity index (χ0n) is 6.96. The molecule has 1 heterocycles. The standard InChI is InChI=1S/C10H12IN/c11-10-7-3-6-9(12-10)8-4-1-2-5-8/h3,6-8H,1-2,4-5H2. The monoisotopic (exact) mass is 273 g/mol. The molecule has 1 aliphatic carbocycles. The summed E-state index contributed by atoms with van der Waals surface area (Å²) in [4.78, 5) is 4.54. The van der Waals surface area contributed by atoms with Crippen LogP contribution in [0.1, 0.15) is 37.3 Å². The van der Waals surface area contributed by atoms with E-state index in [0.29, 0.717) is 0 Å². The summed E-state index contributed by atoms with van der Waals surface area (Å²) in [5.74, 6) is 0.750. The summed E-state index contributed by atoms with van der Waals surface area (Å²) in [5, 5.41) is 0. The number of nitrogens with zero attached hydrogens (tertiary/aromatic N) is 1. The average Bonchev–Trinajstić information content (AvgIpc) is 2.56. The molecular formula is C10H12IN. The molecule has 0 saturated heterocycles. The second kappa shape index (κ2) is 3.73. The Bertz CT molecular complexity index is 266. The Morgan fingerprint density at radius 1 is 1.25 bits per heavy atom. The van der Waals surface area contributed by atoms with Crippen LogP contribution in [0.5, 0.6) is 0 Å². The maximum Gasteiger partial charge on any atom is 0.101 e. The predicted molar refractivity (Wildman–Crippen MR) is 58.2 cm³/mol. The number of hydrogen-bond acceptors (Lipinski definition) is 1. The summed E-state index contributed by atoms with van der Waals surface area (Å²) in [6.07, 6.45) is 5.45. The van der Waals surface area contributed by atoms with Crippen molar-refractivity contribution in [3.63, 3.8) is 0 Å². The molecule has 1 aromatic rings. The molecule has 0 unspecified atom stereocenters. The summed E-state index contributed by atoms with van der Waals surface area (Å²) in [6, 6.07) is 6.33. The third-order valence-corrected chi connectivity index (χ3v) is 3.11. The molecule has 2 heteroatoms. The van der Waals surface area contributed by atoms with Crippen LogP contribution in [0.25, 0.3) is 0 Å². The van der Waals surface area contributed by atoms with Crippen LogP contribution in [-0.2, 0) is 0 Å². The molecule has 1 saturated carbocycles. The molecule has 2 rings (SSSR count). The van der Waals surface area contributed by atoms with E-state index >= 15 is 0 Å². The maximum absolute atomic E-state index is 4.54. The number of hydrogen-bond donors (Lipinski definition) is 0. The van der Waals surface area contributed by atoms with E-state index in [4.69, 9.17) is 0 Å². The van der Waals surface area contributed by atoms with Crippen molar-refractivity contribution < 1.29 is 0 Å². The fraction of sp³-hybridized carbons (Fsp3) is 0.500. The van der Waals surface area contributed by atoms with Crippen LogP contribution in [0.4, 0.5) is 0 Å². The zero-order chi connectivity index (χ0) is 8.39. The van der Waals surface area contributed by atoms with Crippen LogP contribution in [0.15, 0.2) is 18.2 Å². The molecule has 0 aliphatic heterocycles. The van der Waals surface area contributed by atoms with Gasteiger partial charge in [-0.25, -0.2) is 4.98 Å². The fourth-order valence-corrected chi connectivity index (χ4v) is 2.36. The lowest BCUT2D eigenvalue weighted by Crippen LogP contribution is -1.96. The summed E-state index contributed by atoms with van der Waals surface area (Å²) >= 11 is 2.28. The van der Waals surface area contributed by atoms with Crippen LogP contribution < -0.4 is 0 Å². The Hall–Kier alpha value is -0.120. The third-order valence-electron chi connectivity index (χ3n) is 2.51. The molecule has 1 aliphatic rings. The summed E-state index contributed by atoms with van der Waals surface area (Å²) in [7, 11) is 0. The van der Waals surface area contributed by atoms with Gasteiger partial charge in [0.1, 0.15) is 3.70 Å². The third kappa shape index (κ3) is 1.79. The van der Waals surface area contributed by atoms with Crippen molar-refractivity contribution in [2.24, 2.45) is 0 Å². The molecule has 64 valence electrons. The maximum atomic E-state index is 4.54. The first kappa shape index (κ1) is 8.48. The SMILES string of the molecule is Ic1cccc(C2CCCC2)n1. The minimum atomic E-state index is 0.750. The van der Waals surface area contributed by atoms with Gasteiger partial charge in [0.2, 0.25) is 0 Å². The van der Waals surface area contributed by atoms with Crippen LogP contribution in [-0.4, -0.2) is 4.98 Å². The van der Waals surface area contributed by atoms with E-state index in [-0.39, 0.29) is 0 Å². The molecule has 1 nitrogen and oxygen atoms in total. The van der Waals surface area contributed by atoms with Gasteiger partial charge in [-0.3, -0.25) is 0 Å². The van der Waals surface area contributed by atoms with Crippen LogP contribution in [0, 0.1) is 3.70 Å². The normalized spacial score (nSPS) is 18.4. The van der Waals surface area contributed by atoms with Gasteiger partial charge >= 0.3 is 0 Å². The van der Waals surface area contributed by atoms with Crippen LogP contribution in [0.3, 0.4) is 0 Å². The van der Waals surface area contributed by atoms with Gasteiger partial charge in [0.25, 0.3) is 0 Å². The zero-order valence-corrected chi connectivity index (χ0v) is 9.12. The van der Waals surface area contributed by atoms with E-state index < -0.39 is 0 Å². The molecule has 0 aromatic carbocycles. The molecular weight excluding hydrogens is 261 g/mol. The average molecular weight is 273 g/mol. The fourth-order valence-electron chi connectivity index (χ4n) is 1.87. The van der Waals surface area contributed by atoms with Crippen molar-refractivity contribution in [1.82, 2.24) is 4.98 Å². The molecule has 1 aromatic heterocycles. The molecule has 0 radical (unpaired) electrons. The first-order valence-electron chi connectivity index (χ1n) is 4.49. The van der Waals surface area contributed by atoms with Crippen molar-refractivity contribution in [2.45, 2.75) is 31.6 Å². The summed E-state index contributed by atoms with van der Waals surface area (Å²) in [5.41, 5.74) is 1.31. The van der Waals surface area contributed by atoms with Gasteiger partial charge in [0, 0.05) is 11.6 Å². The van der Waals surface area contributed by atoms with E-state index in [2.05, 4.69) is 45.8 Å². The van der Waals surface area contributed by atoms with Gasteiger partial charge in [-0.05, 0) is 47.6 Å². The van der Waals surface area contributed by atoms with E-state index in [1.54, 1.807) is 0 Å². The smallest absolute Gasteiger partial charge is 0.101 e. The van der Waals surface area contributed by atoms with Gasteiger partial charge in [-0.15, -0.1) is 0 Å². The molecule has 1 fully saturated rings. The number of halogens is 1. The minimum absolute atomic E-state index is 0.750. The predicted octanol–water partition coefficient (Wildman–Crippen LogP) is 3.34. The van der Waals surface area contributed by atoms with E-state index in [1.807, 2.05) is 0 Å². The number of pyridine rings is 1. The quantitative estimate of drug-likeness (QED) is 0.565. The van der Waals surface area contributed by atoms with E-state index in [9.17, 15) is 0 Å². The Kier molecular flexibility index (Phi) is 2.63. The summed E-state index contributed by atoms with van der Waals surface area (Å²) < 4.78 is 1.12. The van der Waals surface area contributed by atoms with Crippen molar-refractivity contribution in [3.8, 4) is 0 Å². The Balaban J connectivity index is 2.21. The van der Waals surface area contributed by atoms with E-state index in [0.717, 1.165) is 9.62 Å². The van der Waals surface area contributed by atoms with Crippen LogP contribution >= 0.6 is 22.6 Å². The lowest BCUT2D eigenvalue weighted by Gasteiger charge is -2.07. The van der Waals surface area contributed by atoms with Gasteiger partial charge in [-0.2, -0.15) is 0 Å². The number of aromatic nitrogens is 1. The highest BCUT2D eigenvalue weighted by molar-refractivity contribution is 14.1. The van der Waals surface area contributed by atoms with Gasteiger partial charge in [0.15, 0.2) is 0 Å². The van der Waals surface area contributed by atoms with Crippen molar-refractivity contribution >= 4 is 22.6 Å². The highest BCUT2D eigenvalue weighted by Gasteiger charge is 2.17. The highest BCUT2D eigenvalue weighted by atomic mass is 127. The molecule has 0 amide bonds. The molecule has 0 bridgehead atoms.